The minimum absolute atomic E-state index is 0.227. The van der Waals surface area contributed by atoms with E-state index in [0.717, 1.165) is 30.8 Å². The molecule has 0 bridgehead atoms. The molecule has 2 aromatic rings. The zero-order chi connectivity index (χ0) is 13.7. The molecule has 5 heteroatoms. The van der Waals surface area contributed by atoms with Crippen LogP contribution in [0.3, 0.4) is 0 Å². The molecule has 0 aliphatic rings. The normalized spacial score (nSPS) is 10.9. The maximum atomic E-state index is 14.2. The molecular formula is C14H19FN4. The van der Waals surface area contributed by atoms with Crippen LogP contribution in [0.2, 0.25) is 0 Å². The molecule has 0 unspecified atom stereocenters. The van der Waals surface area contributed by atoms with E-state index in [2.05, 4.69) is 22.6 Å². The van der Waals surface area contributed by atoms with Gasteiger partial charge in [0.2, 0.25) is 0 Å². The van der Waals surface area contributed by atoms with Gasteiger partial charge in [0.05, 0.1) is 11.9 Å². The third kappa shape index (κ3) is 3.17. The number of aromatic nitrogens is 3. The summed E-state index contributed by atoms with van der Waals surface area (Å²) in [5.41, 5.74) is 2.23. The molecule has 0 saturated carbocycles. The van der Waals surface area contributed by atoms with Crippen molar-refractivity contribution in [2.24, 2.45) is 0 Å². The van der Waals surface area contributed by atoms with Crippen LogP contribution in [0, 0.1) is 5.82 Å². The topological polar surface area (TPSA) is 42.7 Å². The van der Waals surface area contributed by atoms with Gasteiger partial charge in [0.25, 0.3) is 0 Å². The highest BCUT2D eigenvalue weighted by Crippen LogP contribution is 2.23. The first-order chi connectivity index (χ1) is 9.26. The molecule has 0 aliphatic heterocycles. The summed E-state index contributed by atoms with van der Waals surface area (Å²) in [5, 5.41) is 11.0. The van der Waals surface area contributed by atoms with Crippen LogP contribution in [0.4, 0.5) is 4.39 Å². The number of rotatable bonds is 6. The number of nitrogens with one attached hydrogen (secondary N) is 1. The van der Waals surface area contributed by atoms with Crippen molar-refractivity contribution < 1.29 is 4.39 Å². The Balaban J connectivity index is 2.27. The maximum Gasteiger partial charge on any atom is 0.132 e. The van der Waals surface area contributed by atoms with E-state index < -0.39 is 0 Å². The van der Waals surface area contributed by atoms with Gasteiger partial charge >= 0.3 is 0 Å². The van der Waals surface area contributed by atoms with Gasteiger partial charge in [-0.1, -0.05) is 25.1 Å². The van der Waals surface area contributed by atoms with Crippen molar-refractivity contribution in [2.75, 3.05) is 6.54 Å². The lowest BCUT2D eigenvalue weighted by Crippen LogP contribution is -2.12. The molecule has 1 aromatic heterocycles. The fraction of sp³-hybridized carbons (Fsp3) is 0.429. The average Bonchev–Trinajstić information content (AvgIpc) is 2.85. The van der Waals surface area contributed by atoms with Crippen LogP contribution >= 0.6 is 0 Å². The standard InChI is InChI=1S/C14H19FN4/c1-3-7-19-14(10-17-18-19)12-6-5-11(8-13(12)15)9-16-4-2/h5-6,8,10,16H,3-4,7,9H2,1-2H3. The van der Waals surface area contributed by atoms with Crippen molar-refractivity contribution in [3.05, 3.63) is 35.8 Å². The van der Waals surface area contributed by atoms with Gasteiger partial charge in [0.1, 0.15) is 5.82 Å². The largest absolute Gasteiger partial charge is 0.313 e. The lowest BCUT2D eigenvalue weighted by Gasteiger charge is -2.08. The van der Waals surface area contributed by atoms with Gasteiger partial charge in [-0.05, 0) is 30.7 Å². The third-order valence-corrected chi connectivity index (χ3v) is 2.94. The van der Waals surface area contributed by atoms with E-state index in [1.165, 1.54) is 0 Å². The monoisotopic (exact) mass is 262 g/mol. The summed E-state index contributed by atoms with van der Waals surface area (Å²) in [6, 6.07) is 5.30. The van der Waals surface area contributed by atoms with Gasteiger partial charge in [-0.15, -0.1) is 5.10 Å². The average molecular weight is 262 g/mol. The summed E-state index contributed by atoms with van der Waals surface area (Å²) in [7, 11) is 0. The van der Waals surface area contributed by atoms with Crippen LogP contribution in [0.15, 0.2) is 24.4 Å². The van der Waals surface area contributed by atoms with E-state index in [4.69, 9.17) is 0 Å². The van der Waals surface area contributed by atoms with Gasteiger partial charge in [-0.2, -0.15) is 0 Å². The first-order valence-electron chi connectivity index (χ1n) is 6.64. The Morgan fingerprint density at radius 3 is 2.84 bits per heavy atom. The summed E-state index contributed by atoms with van der Waals surface area (Å²) in [6.07, 6.45) is 2.55. The lowest BCUT2D eigenvalue weighted by molar-refractivity contribution is 0.578. The Bertz CT molecular complexity index is 536. The molecule has 0 atom stereocenters. The van der Waals surface area contributed by atoms with E-state index in [1.807, 2.05) is 13.0 Å². The van der Waals surface area contributed by atoms with Crippen LogP contribution in [-0.2, 0) is 13.1 Å². The molecule has 0 radical (unpaired) electrons. The van der Waals surface area contributed by atoms with Crippen LogP contribution in [0.25, 0.3) is 11.3 Å². The van der Waals surface area contributed by atoms with Gasteiger partial charge in [0, 0.05) is 18.7 Å². The predicted molar refractivity (Wildman–Crippen MR) is 73.1 cm³/mol. The first kappa shape index (κ1) is 13.7. The van der Waals surface area contributed by atoms with Gasteiger partial charge in [-0.3, -0.25) is 0 Å². The van der Waals surface area contributed by atoms with Gasteiger partial charge in [-0.25, -0.2) is 9.07 Å². The zero-order valence-electron chi connectivity index (χ0n) is 11.4. The molecule has 2 rings (SSSR count). The highest BCUT2D eigenvalue weighted by atomic mass is 19.1. The quantitative estimate of drug-likeness (QED) is 0.870. The fourth-order valence-corrected chi connectivity index (χ4v) is 1.99. The number of hydrogen-bond acceptors (Lipinski definition) is 3. The smallest absolute Gasteiger partial charge is 0.132 e. The number of halogens is 1. The molecule has 102 valence electrons. The van der Waals surface area contributed by atoms with Crippen LogP contribution < -0.4 is 5.32 Å². The summed E-state index contributed by atoms with van der Waals surface area (Å²) in [4.78, 5) is 0. The molecule has 0 saturated heterocycles. The minimum atomic E-state index is -0.227. The summed E-state index contributed by atoms with van der Waals surface area (Å²) >= 11 is 0. The fourth-order valence-electron chi connectivity index (χ4n) is 1.99. The molecule has 4 nitrogen and oxygen atoms in total. The second-order valence-electron chi connectivity index (χ2n) is 4.44. The molecule has 0 amide bonds. The Kier molecular flexibility index (Phi) is 4.63. The molecule has 1 heterocycles. The molecule has 0 aliphatic carbocycles. The summed E-state index contributed by atoms with van der Waals surface area (Å²) in [6.45, 7) is 6.38. The van der Waals surface area contributed by atoms with Crippen molar-refractivity contribution >= 4 is 0 Å². The van der Waals surface area contributed by atoms with Crippen molar-refractivity contribution in [3.63, 3.8) is 0 Å². The van der Waals surface area contributed by atoms with Crippen molar-refractivity contribution in [2.45, 2.75) is 33.4 Å². The van der Waals surface area contributed by atoms with Crippen LogP contribution in [-0.4, -0.2) is 21.5 Å². The van der Waals surface area contributed by atoms with E-state index in [1.54, 1.807) is 23.0 Å². The van der Waals surface area contributed by atoms with E-state index in [0.29, 0.717) is 12.1 Å². The van der Waals surface area contributed by atoms with Crippen LogP contribution in [0.5, 0.6) is 0 Å². The van der Waals surface area contributed by atoms with Crippen LogP contribution in [0.1, 0.15) is 25.8 Å². The van der Waals surface area contributed by atoms with Crippen molar-refractivity contribution in [3.8, 4) is 11.3 Å². The lowest BCUT2D eigenvalue weighted by atomic mass is 10.1. The molecule has 1 aromatic carbocycles. The number of benzene rings is 1. The van der Waals surface area contributed by atoms with Gasteiger partial charge < -0.3 is 5.32 Å². The summed E-state index contributed by atoms with van der Waals surface area (Å²) < 4.78 is 15.9. The number of hydrogen-bond donors (Lipinski definition) is 1. The zero-order valence-corrected chi connectivity index (χ0v) is 11.4. The molecular weight excluding hydrogens is 243 g/mol. The van der Waals surface area contributed by atoms with Crippen molar-refractivity contribution in [1.82, 2.24) is 20.3 Å². The molecule has 0 spiro atoms. The van der Waals surface area contributed by atoms with Crippen molar-refractivity contribution in [1.29, 1.82) is 0 Å². The molecule has 19 heavy (non-hydrogen) atoms. The Labute approximate surface area is 112 Å². The molecule has 1 N–H and O–H groups in total. The van der Waals surface area contributed by atoms with E-state index in [-0.39, 0.29) is 5.82 Å². The van der Waals surface area contributed by atoms with E-state index >= 15 is 0 Å². The number of aryl methyl sites for hydroxylation is 1. The first-order valence-corrected chi connectivity index (χ1v) is 6.64. The Morgan fingerprint density at radius 2 is 2.16 bits per heavy atom. The summed E-state index contributed by atoms with van der Waals surface area (Å²) in [5.74, 6) is -0.227. The number of nitrogens with zero attached hydrogens (tertiary/aromatic N) is 3. The third-order valence-electron chi connectivity index (χ3n) is 2.94. The highest BCUT2D eigenvalue weighted by Gasteiger charge is 2.11. The predicted octanol–water partition coefficient (Wildman–Crippen LogP) is 2.60. The second kappa shape index (κ2) is 6.43. The Morgan fingerprint density at radius 1 is 1.32 bits per heavy atom. The highest BCUT2D eigenvalue weighted by molar-refractivity contribution is 5.59. The SMILES string of the molecule is CCCn1nncc1-c1ccc(CNCC)cc1F. The minimum Gasteiger partial charge on any atom is -0.313 e. The van der Waals surface area contributed by atoms with Gasteiger partial charge in [0.15, 0.2) is 0 Å². The maximum absolute atomic E-state index is 14.2. The second-order valence-corrected chi connectivity index (χ2v) is 4.44. The molecule has 0 fully saturated rings. The van der Waals surface area contributed by atoms with E-state index in [9.17, 15) is 4.39 Å². The Hall–Kier alpha value is -1.75.